The Kier molecular flexibility index (Phi) is 12.6. The van der Waals surface area contributed by atoms with Gasteiger partial charge in [-0.15, -0.1) is 0 Å². The van der Waals surface area contributed by atoms with Crippen molar-refractivity contribution in [2.24, 2.45) is 0 Å². The van der Waals surface area contributed by atoms with Crippen LogP contribution < -0.4 is 10.6 Å². The summed E-state index contributed by atoms with van der Waals surface area (Å²) >= 11 is 0. The predicted molar refractivity (Wildman–Crippen MR) is 189 cm³/mol. The van der Waals surface area contributed by atoms with E-state index in [0.717, 1.165) is 21.9 Å². The first-order valence-electron chi connectivity index (χ1n) is 16.2. The fraction of sp³-hybridized carbons (Fsp3) is 0.333. The Bertz CT molecular complexity index is 1710. The molecule has 0 bridgehead atoms. The number of hydrogen-bond acceptors (Lipinski definition) is 5. The molecule has 0 aliphatic carbocycles. The lowest BCUT2D eigenvalue weighted by Crippen LogP contribution is -2.56. The predicted octanol–water partition coefficient (Wildman–Crippen LogP) is 5.12. The first-order chi connectivity index (χ1) is 23.0. The molecule has 1 heterocycles. The maximum atomic E-state index is 14.5. The molecule has 4 aromatic rings. The van der Waals surface area contributed by atoms with Gasteiger partial charge in [-0.25, -0.2) is 4.39 Å². The molecule has 0 saturated carbocycles. The minimum atomic E-state index is -0.907. The van der Waals surface area contributed by atoms with Crippen LogP contribution in [0.5, 0.6) is 0 Å². The minimum absolute atomic E-state index is 0.170. The SMILES string of the molecule is CNC(C)(C)C/C=C/C(=O)N(C)[C@H](Cc1ccc2ccccc2c1)C(=O)N(C)[C@H](Cc1ccc(F)cc1)C(=O)NCCc1ccncc1. The summed E-state index contributed by atoms with van der Waals surface area (Å²) < 4.78 is 13.8. The molecule has 48 heavy (non-hydrogen) atoms. The highest BCUT2D eigenvalue weighted by atomic mass is 19.1. The fourth-order valence-corrected chi connectivity index (χ4v) is 5.44. The third-order valence-corrected chi connectivity index (χ3v) is 8.83. The molecule has 0 fully saturated rings. The third kappa shape index (κ3) is 10.1. The van der Waals surface area contributed by atoms with Crippen molar-refractivity contribution in [3.63, 3.8) is 0 Å². The Hall–Kier alpha value is -4.89. The Morgan fingerprint density at radius 1 is 0.833 bits per heavy atom. The minimum Gasteiger partial charge on any atom is -0.354 e. The second-order valence-corrected chi connectivity index (χ2v) is 12.8. The summed E-state index contributed by atoms with van der Waals surface area (Å²) in [5, 5.41) is 8.30. The summed E-state index contributed by atoms with van der Waals surface area (Å²) in [6, 6.07) is 21.8. The number of aromatic nitrogens is 1. The number of nitrogens with zero attached hydrogens (tertiary/aromatic N) is 3. The van der Waals surface area contributed by atoms with Crippen LogP contribution in [-0.4, -0.2) is 77.8 Å². The number of carbonyl (C=O) groups is 3. The Labute approximate surface area is 283 Å². The van der Waals surface area contributed by atoms with Gasteiger partial charge in [0.1, 0.15) is 17.9 Å². The molecule has 0 aliphatic heterocycles. The third-order valence-electron chi connectivity index (χ3n) is 8.83. The molecule has 9 heteroatoms. The van der Waals surface area contributed by atoms with Gasteiger partial charge in [0.25, 0.3) is 0 Å². The van der Waals surface area contributed by atoms with Crippen molar-refractivity contribution in [1.82, 2.24) is 25.4 Å². The number of likely N-dealkylation sites (N-methyl/N-ethyl adjacent to an activating group) is 2. The summed E-state index contributed by atoms with van der Waals surface area (Å²) in [5.74, 6) is -1.41. The van der Waals surface area contributed by atoms with Gasteiger partial charge in [-0.3, -0.25) is 19.4 Å². The van der Waals surface area contributed by atoms with Crippen LogP contribution in [0.4, 0.5) is 4.39 Å². The van der Waals surface area contributed by atoms with Gasteiger partial charge in [-0.1, -0.05) is 60.7 Å². The van der Waals surface area contributed by atoms with Crippen molar-refractivity contribution in [2.75, 3.05) is 27.7 Å². The molecule has 3 amide bonds. The average Bonchev–Trinajstić information content (AvgIpc) is 3.09. The van der Waals surface area contributed by atoms with Gasteiger partial charge in [0, 0.05) is 51.4 Å². The van der Waals surface area contributed by atoms with E-state index in [2.05, 4.69) is 15.6 Å². The second kappa shape index (κ2) is 16.8. The van der Waals surface area contributed by atoms with E-state index in [1.807, 2.05) is 81.6 Å². The molecule has 3 aromatic carbocycles. The van der Waals surface area contributed by atoms with Crippen LogP contribution in [0.1, 0.15) is 37.0 Å². The summed E-state index contributed by atoms with van der Waals surface area (Å²) in [5.41, 5.74) is 2.41. The number of hydrogen-bond donors (Lipinski definition) is 2. The molecule has 0 spiro atoms. The number of pyridine rings is 1. The van der Waals surface area contributed by atoms with Crippen molar-refractivity contribution in [1.29, 1.82) is 0 Å². The van der Waals surface area contributed by atoms with E-state index >= 15 is 0 Å². The molecule has 252 valence electrons. The number of fused-ring (bicyclic) bond motifs is 1. The molecule has 2 atom stereocenters. The number of carbonyl (C=O) groups excluding carboxylic acids is 3. The second-order valence-electron chi connectivity index (χ2n) is 12.8. The number of benzene rings is 3. The highest BCUT2D eigenvalue weighted by Gasteiger charge is 2.35. The van der Waals surface area contributed by atoms with E-state index in [0.29, 0.717) is 24.9 Å². The summed E-state index contributed by atoms with van der Waals surface area (Å²) in [4.78, 5) is 48.7. The van der Waals surface area contributed by atoms with E-state index < -0.39 is 12.1 Å². The molecule has 1 aromatic heterocycles. The highest BCUT2D eigenvalue weighted by molar-refractivity contribution is 5.95. The van der Waals surface area contributed by atoms with Crippen LogP contribution >= 0.6 is 0 Å². The van der Waals surface area contributed by atoms with Crippen molar-refractivity contribution in [3.8, 4) is 0 Å². The quantitative estimate of drug-likeness (QED) is 0.174. The molecule has 2 N–H and O–H groups in total. The normalized spacial score (nSPS) is 12.9. The summed E-state index contributed by atoms with van der Waals surface area (Å²) in [6.07, 6.45) is 8.34. The maximum absolute atomic E-state index is 14.5. The van der Waals surface area contributed by atoms with Gasteiger partial charge in [0.05, 0.1) is 0 Å². The fourth-order valence-electron chi connectivity index (χ4n) is 5.44. The zero-order valence-corrected chi connectivity index (χ0v) is 28.4. The molecule has 0 radical (unpaired) electrons. The van der Waals surface area contributed by atoms with Crippen LogP contribution in [0.3, 0.4) is 0 Å². The lowest BCUT2D eigenvalue weighted by molar-refractivity contribution is -0.146. The first kappa shape index (κ1) is 36.0. The molecule has 4 rings (SSSR count). The van der Waals surface area contributed by atoms with E-state index in [-0.39, 0.29) is 41.9 Å². The zero-order chi connectivity index (χ0) is 34.7. The molecular formula is C39H46FN5O3. The van der Waals surface area contributed by atoms with Gasteiger partial charge in [0.2, 0.25) is 17.7 Å². The topological polar surface area (TPSA) is 94.6 Å². The van der Waals surface area contributed by atoms with E-state index in [1.165, 1.54) is 28.0 Å². The lowest BCUT2D eigenvalue weighted by atomic mass is 9.98. The standard InChI is InChI=1S/C39H46FN5O3/c1-39(2,41-3)21-8-11-36(46)44(4)35(27-30-12-15-31-9-6-7-10-32(31)25-30)38(48)45(5)34(26-29-13-16-33(40)17-14-29)37(47)43-24-20-28-18-22-42-23-19-28/h6-19,22-23,25,34-35,41H,20-21,24,26-27H2,1-5H3,(H,43,47)/b11-8+/t34-,35-/m1/s1. The van der Waals surface area contributed by atoms with Crippen LogP contribution in [0.15, 0.2) is 103 Å². The monoisotopic (exact) mass is 651 g/mol. The number of halogens is 1. The first-order valence-corrected chi connectivity index (χ1v) is 16.2. The zero-order valence-electron chi connectivity index (χ0n) is 28.4. The van der Waals surface area contributed by atoms with Crippen LogP contribution in [0.25, 0.3) is 10.8 Å². The lowest BCUT2D eigenvalue weighted by Gasteiger charge is -2.34. The molecule has 0 saturated heterocycles. The maximum Gasteiger partial charge on any atom is 0.246 e. The van der Waals surface area contributed by atoms with Gasteiger partial charge in [-0.05, 0) is 91.5 Å². The van der Waals surface area contributed by atoms with E-state index in [1.54, 1.807) is 38.6 Å². The molecule has 0 aliphatic rings. The molecule has 0 unspecified atom stereocenters. The number of amides is 3. The number of rotatable bonds is 15. The van der Waals surface area contributed by atoms with E-state index in [4.69, 9.17) is 0 Å². The van der Waals surface area contributed by atoms with Crippen LogP contribution in [-0.2, 0) is 33.6 Å². The molecule has 8 nitrogen and oxygen atoms in total. The Balaban J connectivity index is 1.62. The van der Waals surface area contributed by atoms with Gasteiger partial charge < -0.3 is 20.4 Å². The van der Waals surface area contributed by atoms with Crippen molar-refractivity contribution < 1.29 is 18.8 Å². The van der Waals surface area contributed by atoms with Crippen LogP contribution in [0.2, 0.25) is 0 Å². The average molecular weight is 652 g/mol. The van der Waals surface area contributed by atoms with Crippen molar-refractivity contribution in [3.05, 3.63) is 126 Å². The van der Waals surface area contributed by atoms with Crippen molar-refractivity contribution in [2.45, 2.75) is 57.2 Å². The molecular weight excluding hydrogens is 605 g/mol. The van der Waals surface area contributed by atoms with E-state index in [9.17, 15) is 18.8 Å². The van der Waals surface area contributed by atoms with Gasteiger partial charge in [-0.2, -0.15) is 0 Å². The number of nitrogens with one attached hydrogen (secondary N) is 2. The largest absolute Gasteiger partial charge is 0.354 e. The summed E-state index contributed by atoms with van der Waals surface area (Å²) in [7, 11) is 5.08. The summed E-state index contributed by atoms with van der Waals surface area (Å²) in [6.45, 7) is 4.43. The van der Waals surface area contributed by atoms with Crippen molar-refractivity contribution >= 4 is 28.5 Å². The Morgan fingerprint density at radius 3 is 2.17 bits per heavy atom. The van der Waals surface area contributed by atoms with Gasteiger partial charge in [0.15, 0.2) is 0 Å². The van der Waals surface area contributed by atoms with Gasteiger partial charge >= 0.3 is 0 Å². The smallest absolute Gasteiger partial charge is 0.246 e. The highest BCUT2D eigenvalue weighted by Crippen LogP contribution is 2.20. The van der Waals surface area contributed by atoms with Crippen LogP contribution in [0, 0.1) is 5.82 Å². The Morgan fingerprint density at radius 2 is 1.48 bits per heavy atom.